The molecular weight excluding hydrogens is 244 g/mol. The van der Waals surface area contributed by atoms with Crippen molar-refractivity contribution in [2.45, 2.75) is 26.4 Å². The first-order chi connectivity index (χ1) is 9.10. The van der Waals surface area contributed by atoms with E-state index in [1.54, 1.807) is 23.2 Å². The molecule has 0 aromatic carbocycles. The van der Waals surface area contributed by atoms with Gasteiger partial charge in [0.25, 0.3) is 5.91 Å². The van der Waals surface area contributed by atoms with Crippen LogP contribution >= 0.6 is 0 Å². The van der Waals surface area contributed by atoms with Gasteiger partial charge in [-0.25, -0.2) is 4.98 Å². The predicted molar refractivity (Wildman–Crippen MR) is 71.1 cm³/mol. The summed E-state index contributed by atoms with van der Waals surface area (Å²) in [4.78, 5) is 18.1. The van der Waals surface area contributed by atoms with Crippen molar-refractivity contribution < 1.29 is 14.6 Å². The van der Waals surface area contributed by atoms with Gasteiger partial charge in [0, 0.05) is 37.9 Å². The van der Waals surface area contributed by atoms with Crippen LogP contribution in [-0.4, -0.2) is 46.7 Å². The Bertz CT molecular complexity index is 431. The van der Waals surface area contributed by atoms with Crippen molar-refractivity contribution in [3.8, 4) is 5.88 Å². The predicted octanol–water partition coefficient (Wildman–Crippen LogP) is 1.32. The normalized spacial score (nSPS) is 18.9. The van der Waals surface area contributed by atoms with Crippen LogP contribution in [0.4, 0.5) is 0 Å². The Morgan fingerprint density at radius 1 is 1.58 bits per heavy atom. The van der Waals surface area contributed by atoms with Crippen LogP contribution in [0.3, 0.4) is 0 Å². The number of carbonyl (C=O) groups is 1. The summed E-state index contributed by atoms with van der Waals surface area (Å²) in [5.41, 5.74) is 0.565. The van der Waals surface area contributed by atoms with E-state index >= 15 is 0 Å². The number of nitrogens with zero attached hydrogens (tertiary/aromatic N) is 2. The minimum atomic E-state index is -0.0282. The van der Waals surface area contributed by atoms with Gasteiger partial charge in [0.15, 0.2) is 0 Å². The van der Waals surface area contributed by atoms with Crippen LogP contribution in [0, 0.1) is 5.92 Å². The van der Waals surface area contributed by atoms with Gasteiger partial charge in [-0.15, -0.1) is 0 Å². The molecule has 1 atom stereocenters. The van der Waals surface area contributed by atoms with Gasteiger partial charge in [0.2, 0.25) is 5.88 Å². The summed E-state index contributed by atoms with van der Waals surface area (Å²) in [6.45, 7) is 5.33. The molecular formula is C14H20N2O3. The van der Waals surface area contributed by atoms with Crippen LogP contribution in [0.15, 0.2) is 18.3 Å². The Labute approximate surface area is 113 Å². The van der Waals surface area contributed by atoms with E-state index in [1.807, 2.05) is 13.8 Å². The molecule has 2 heterocycles. The number of rotatable bonds is 4. The smallest absolute Gasteiger partial charge is 0.255 e. The maximum atomic E-state index is 12.2. The van der Waals surface area contributed by atoms with E-state index in [1.165, 1.54) is 0 Å². The van der Waals surface area contributed by atoms with Gasteiger partial charge in [-0.2, -0.15) is 0 Å². The lowest BCUT2D eigenvalue weighted by Gasteiger charge is -2.16. The molecule has 1 aliphatic heterocycles. The zero-order valence-corrected chi connectivity index (χ0v) is 11.4. The highest BCUT2D eigenvalue weighted by Crippen LogP contribution is 2.18. The van der Waals surface area contributed by atoms with E-state index in [2.05, 4.69) is 4.98 Å². The molecule has 5 heteroatoms. The molecule has 1 amide bonds. The quantitative estimate of drug-likeness (QED) is 0.891. The molecule has 1 N–H and O–H groups in total. The van der Waals surface area contributed by atoms with Gasteiger partial charge < -0.3 is 14.7 Å². The largest absolute Gasteiger partial charge is 0.475 e. The second kappa shape index (κ2) is 6.02. The number of hydrogen-bond donors (Lipinski definition) is 1. The van der Waals surface area contributed by atoms with Crippen LogP contribution in [0.5, 0.6) is 5.88 Å². The molecule has 0 spiro atoms. The van der Waals surface area contributed by atoms with E-state index in [-0.39, 0.29) is 24.5 Å². The third-order valence-corrected chi connectivity index (χ3v) is 3.17. The number of hydrogen-bond acceptors (Lipinski definition) is 4. The summed E-state index contributed by atoms with van der Waals surface area (Å²) >= 11 is 0. The topological polar surface area (TPSA) is 62.7 Å². The Hall–Kier alpha value is -1.62. The van der Waals surface area contributed by atoms with Gasteiger partial charge in [0.1, 0.15) is 0 Å². The average Bonchev–Trinajstić information content (AvgIpc) is 2.87. The Balaban J connectivity index is 2.00. The second-order valence-electron chi connectivity index (χ2n) is 5.14. The van der Waals surface area contributed by atoms with Crippen molar-refractivity contribution in [1.82, 2.24) is 9.88 Å². The van der Waals surface area contributed by atoms with Crippen LogP contribution in [0.2, 0.25) is 0 Å². The molecule has 19 heavy (non-hydrogen) atoms. The van der Waals surface area contributed by atoms with E-state index in [4.69, 9.17) is 9.84 Å². The van der Waals surface area contributed by atoms with Gasteiger partial charge >= 0.3 is 0 Å². The van der Waals surface area contributed by atoms with Crippen molar-refractivity contribution in [2.75, 3.05) is 19.7 Å². The molecule has 0 radical (unpaired) electrons. The van der Waals surface area contributed by atoms with Crippen LogP contribution in [0.25, 0.3) is 0 Å². The van der Waals surface area contributed by atoms with Crippen LogP contribution < -0.4 is 4.74 Å². The number of aromatic nitrogens is 1. The molecule has 1 fully saturated rings. The van der Waals surface area contributed by atoms with Crippen molar-refractivity contribution in [1.29, 1.82) is 0 Å². The zero-order valence-electron chi connectivity index (χ0n) is 11.4. The number of ether oxygens (including phenoxy) is 1. The molecule has 0 saturated carbocycles. The number of aliphatic hydroxyl groups is 1. The first-order valence-corrected chi connectivity index (χ1v) is 6.63. The summed E-state index contributed by atoms with van der Waals surface area (Å²) in [5, 5.41) is 9.09. The summed E-state index contributed by atoms with van der Waals surface area (Å²) in [6.07, 6.45) is 2.48. The molecule has 1 unspecified atom stereocenters. The number of carbonyl (C=O) groups excluding carboxylic acids is 1. The van der Waals surface area contributed by atoms with E-state index in [0.29, 0.717) is 24.5 Å². The number of pyridine rings is 1. The zero-order chi connectivity index (χ0) is 13.8. The van der Waals surface area contributed by atoms with E-state index < -0.39 is 0 Å². The molecule has 2 rings (SSSR count). The first kappa shape index (κ1) is 13.8. The fourth-order valence-electron chi connectivity index (χ4n) is 2.17. The Morgan fingerprint density at radius 3 is 2.89 bits per heavy atom. The van der Waals surface area contributed by atoms with Crippen molar-refractivity contribution in [2.24, 2.45) is 5.92 Å². The molecule has 1 aromatic rings. The Morgan fingerprint density at radius 2 is 2.37 bits per heavy atom. The second-order valence-corrected chi connectivity index (χ2v) is 5.14. The van der Waals surface area contributed by atoms with Gasteiger partial charge in [-0.3, -0.25) is 4.79 Å². The summed E-state index contributed by atoms with van der Waals surface area (Å²) in [5.74, 6) is 0.709. The highest BCUT2D eigenvalue weighted by Gasteiger charge is 2.26. The minimum Gasteiger partial charge on any atom is -0.475 e. The SMILES string of the molecule is CC(C)Oc1ccc(C(=O)N2CCC(CO)C2)cn1. The minimum absolute atomic E-state index is 0.0282. The standard InChI is InChI=1S/C14H20N2O3/c1-10(2)19-13-4-3-12(7-15-13)14(18)16-6-5-11(8-16)9-17/h3-4,7,10-11,17H,5-6,8-9H2,1-2H3. The molecule has 1 aromatic heterocycles. The summed E-state index contributed by atoms with van der Waals surface area (Å²) in [6, 6.07) is 3.45. The summed E-state index contributed by atoms with van der Waals surface area (Å²) < 4.78 is 5.44. The third kappa shape index (κ3) is 3.44. The third-order valence-electron chi connectivity index (χ3n) is 3.17. The lowest BCUT2D eigenvalue weighted by Crippen LogP contribution is -2.29. The molecule has 1 aliphatic rings. The molecule has 104 valence electrons. The highest BCUT2D eigenvalue weighted by atomic mass is 16.5. The van der Waals surface area contributed by atoms with E-state index in [9.17, 15) is 4.79 Å². The summed E-state index contributed by atoms with van der Waals surface area (Å²) in [7, 11) is 0. The van der Waals surface area contributed by atoms with Gasteiger partial charge in [-0.1, -0.05) is 0 Å². The fraction of sp³-hybridized carbons (Fsp3) is 0.571. The Kier molecular flexibility index (Phi) is 4.37. The lowest BCUT2D eigenvalue weighted by molar-refractivity contribution is 0.0781. The maximum Gasteiger partial charge on any atom is 0.255 e. The first-order valence-electron chi connectivity index (χ1n) is 6.63. The maximum absolute atomic E-state index is 12.2. The number of likely N-dealkylation sites (tertiary alicyclic amines) is 1. The van der Waals surface area contributed by atoms with E-state index in [0.717, 1.165) is 6.42 Å². The monoisotopic (exact) mass is 264 g/mol. The highest BCUT2D eigenvalue weighted by molar-refractivity contribution is 5.94. The van der Waals surface area contributed by atoms with Crippen molar-refractivity contribution >= 4 is 5.91 Å². The van der Waals surface area contributed by atoms with Crippen molar-refractivity contribution in [3.63, 3.8) is 0 Å². The number of aliphatic hydroxyl groups excluding tert-OH is 1. The van der Waals surface area contributed by atoms with Gasteiger partial charge in [-0.05, 0) is 26.3 Å². The van der Waals surface area contributed by atoms with Crippen LogP contribution in [0.1, 0.15) is 30.6 Å². The van der Waals surface area contributed by atoms with Crippen LogP contribution in [-0.2, 0) is 0 Å². The molecule has 0 bridgehead atoms. The lowest BCUT2D eigenvalue weighted by atomic mass is 10.1. The fourth-order valence-corrected chi connectivity index (χ4v) is 2.17. The average molecular weight is 264 g/mol. The molecule has 0 aliphatic carbocycles. The molecule has 1 saturated heterocycles. The molecule has 5 nitrogen and oxygen atoms in total. The van der Waals surface area contributed by atoms with Gasteiger partial charge in [0.05, 0.1) is 11.7 Å². The van der Waals surface area contributed by atoms with Crippen molar-refractivity contribution in [3.05, 3.63) is 23.9 Å². The number of amides is 1.